The molecule has 4 rings (SSSR count). The molecule has 0 bridgehead atoms. The van der Waals surface area contributed by atoms with Crippen molar-refractivity contribution in [3.05, 3.63) is 71.8 Å². The molecular formula is C22H19F2N3O2S. The number of carbonyl (C=O) groups is 2. The van der Waals surface area contributed by atoms with Crippen molar-refractivity contribution in [1.82, 2.24) is 10.3 Å². The maximum absolute atomic E-state index is 13.8. The minimum Gasteiger partial charge on any atom is -0.341 e. The van der Waals surface area contributed by atoms with Crippen LogP contribution in [0, 0.1) is 11.6 Å². The molecule has 0 aliphatic heterocycles. The van der Waals surface area contributed by atoms with Gasteiger partial charge in [0.1, 0.15) is 17.2 Å². The van der Waals surface area contributed by atoms with E-state index in [-0.39, 0.29) is 18.9 Å². The summed E-state index contributed by atoms with van der Waals surface area (Å²) in [6.07, 6.45) is 1.84. The van der Waals surface area contributed by atoms with Crippen LogP contribution in [0.15, 0.2) is 54.6 Å². The highest BCUT2D eigenvalue weighted by Gasteiger charge is 2.62. The summed E-state index contributed by atoms with van der Waals surface area (Å²) in [5.41, 5.74) is 2.16. The summed E-state index contributed by atoms with van der Waals surface area (Å²) in [5, 5.41) is 2.74. The number of nitrogens with zero attached hydrogens (tertiary/aromatic N) is 2. The molecule has 1 aliphatic rings. The van der Waals surface area contributed by atoms with Crippen LogP contribution in [0.1, 0.15) is 24.8 Å². The van der Waals surface area contributed by atoms with Gasteiger partial charge in [-0.25, -0.2) is 13.8 Å². The third kappa shape index (κ3) is 3.59. The largest absolute Gasteiger partial charge is 0.341 e. The number of carbonyl (C=O) groups excluding carboxylic acids is 2. The first-order valence-electron chi connectivity index (χ1n) is 9.35. The summed E-state index contributed by atoms with van der Waals surface area (Å²) < 4.78 is 28.5. The maximum Gasteiger partial charge on any atom is 0.253 e. The lowest BCUT2D eigenvalue weighted by Crippen LogP contribution is -2.51. The summed E-state index contributed by atoms with van der Waals surface area (Å²) in [7, 11) is 0. The van der Waals surface area contributed by atoms with Gasteiger partial charge < -0.3 is 10.2 Å². The van der Waals surface area contributed by atoms with Crippen molar-refractivity contribution in [1.29, 1.82) is 0 Å². The molecule has 0 radical (unpaired) electrons. The average Bonchev–Trinajstić information content (AvgIpc) is 3.21. The lowest BCUT2D eigenvalue weighted by Gasteiger charge is -2.28. The number of benzene rings is 2. The Morgan fingerprint density at radius 3 is 2.70 bits per heavy atom. The van der Waals surface area contributed by atoms with Gasteiger partial charge in [-0.15, -0.1) is 17.9 Å². The smallest absolute Gasteiger partial charge is 0.253 e. The van der Waals surface area contributed by atoms with E-state index in [4.69, 9.17) is 0 Å². The Bertz CT molecular complexity index is 1140. The number of hydrogen-bond donors (Lipinski definition) is 1. The zero-order chi connectivity index (χ0) is 21.5. The van der Waals surface area contributed by atoms with E-state index in [1.165, 1.54) is 35.3 Å². The van der Waals surface area contributed by atoms with Gasteiger partial charge in [0.15, 0.2) is 0 Å². The predicted octanol–water partition coefficient (Wildman–Crippen LogP) is 4.16. The topological polar surface area (TPSA) is 62.3 Å². The van der Waals surface area contributed by atoms with E-state index < -0.39 is 29.0 Å². The lowest BCUT2D eigenvalue weighted by molar-refractivity contribution is -0.127. The van der Waals surface area contributed by atoms with Gasteiger partial charge in [-0.1, -0.05) is 6.08 Å². The molecule has 0 saturated heterocycles. The number of hydrogen-bond acceptors (Lipinski definition) is 4. The standard InChI is InChI=1S/C22H19F2N3O2S/c1-3-6-27(17-4-5-20-19(10-17)25-12-30-20)21(29)22(26-13(2)28)11-18(22)14-7-15(23)9-16(24)8-14/h3-5,7-10,12,18H,1,6,11H2,2H3,(H,26,28)/t18?,22-/m1/s1. The molecule has 3 aromatic rings. The molecule has 1 heterocycles. The van der Waals surface area contributed by atoms with Crippen LogP contribution in [0.25, 0.3) is 10.2 Å². The molecule has 5 nitrogen and oxygen atoms in total. The molecule has 1 aromatic heterocycles. The summed E-state index contributed by atoms with van der Waals surface area (Å²) in [4.78, 5) is 31.4. The molecule has 1 fully saturated rings. The Morgan fingerprint density at radius 2 is 2.03 bits per heavy atom. The van der Waals surface area contributed by atoms with Gasteiger partial charge in [0.05, 0.1) is 15.7 Å². The maximum atomic E-state index is 13.8. The van der Waals surface area contributed by atoms with Crippen molar-refractivity contribution in [3.8, 4) is 0 Å². The second-order valence-electron chi connectivity index (χ2n) is 7.32. The van der Waals surface area contributed by atoms with Crippen LogP contribution in [-0.4, -0.2) is 28.9 Å². The van der Waals surface area contributed by atoms with Crippen molar-refractivity contribution < 1.29 is 18.4 Å². The Balaban J connectivity index is 1.73. The molecule has 1 N–H and O–H groups in total. The predicted molar refractivity (Wildman–Crippen MR) is 112 cm³/mol. The van der Waals surface area contributed by atoms with Crippen molar-refractivity contribution >= 4 is 39.1 Å². The van der Waals surface area contributed by atoms with Crippen molar-refractivity contribution in [2.24, 2.45) is 0 Å². The normalized spacial score (nSPS) is 20.0. The van der Waals surface area contributed by atoms with Crippen LogP contribution >= 0.6 is 11.3 Å². The first-order valence-corrected chi connectivity index (χ1v) is 10.2. The minimum absolute atomic E-state index is 0.208. The molecule has 30 heavy (non-hydrogen) atoms. The van der Waals surface area contributed by atoms with Gasteiger partial charge in [0.25, 0.3) is 5.91 Å². The number of nitrogens with one attached hydrogen (secondary N) is 1. The summed E-state index contributed by atoms with van der Waals surface area (Å²) >= 11 is 1.49. The zero-order valence-corrected chi connectivity index (χ0v) is 17.0. The zero-order valence-electron chi connectivity index (χ0n) is 16.2. The van der Waals surface area contributed by atoms with E-state index >= 15 is 0 Å². The van der Waals surface area contributed by atoms with Crippen LogP contribution < -0.4 is 10.2 Å². The Kier molecular flexibility index (Phi) is 5.11. The second kappa shape index (κ2) is 7.60. The number of fused-ring (bicyclic) bond motifs is 1. The second-order valence-corrected chi connectivity index (χ2v) is 8.21. The molecule has 1 aliphatic carbocycles. The van der Waals surface area contributed by atoms with E-state index in [0.29, 0.717) is 11.3 Å². The summed E-state index contributed by atoms with van der Waals surface area (Å²) in [6.45, 7) is 5.25. The SMILES string of the molecule is C=CCN(C(=O)[C@@]1(NC(C)=O)CC1c1cc(F)cc(F)c1)c1ccc2scnc2c1. The Morgan fingerprint density at radius 1 is 1.30 bits per heavy atom. The molecule has 8 heteroatoms. The fraction of sp³-hybridized carbons (Fsp3) is 0.227. The quantitative estimate of drug-likeness (QED) is 0.601. The third-order valence-electron chi connectivity index (χ3n) is 5.21. The van der Waals surface area contributed by atoms with Gasteiger partial charge >= 0.3 is 0 Å². The van der Waals surface area contributed by atoms with E-state index in [2.05, 4.69) is 16.9 Å². The molecule has 1 saturated carbocycles. The van der Waals surface area contributed by atoms with Gasteiger partial charge in [-0.2, -0.15) is 0 Å². The molecule has 0 spiro atoms. The monoisotopic (exact) mass is 427 g/mol. The van der Waals surface area contributed by atoms with Crippen molar-refractivity contribution in [3.63, 3.8) is 0 Å². The van der Waals surface area contributed by atoms with E-state index in [1.54, 1.807) is 17.7 Å². The molecular weight excluding hydrogens is 408 g/mol. The third-order valence-corrected chi connectivity index (χ3v) is 6.02. The van der Waals surface area contributed by atoms with Gasteiger partial charge in [0.2, 0.25) is 5.91 Å². The fourth-order valence-electron chi connectivity index (χ4n) is 3.87. The van der Waals surface area contributed by atoms with Crippen LogP contribution in [0.3, 0.4) is 0 Å². The van der Waals surface area contributed by atoms with Crippen LogP contribution in [-0.2, 0) is 9.59 Å². The number of halogens is 2. The average molecular weight is 427 g/mol. The van der Waals surface area contributed by atoms with E-state index in [0.717, 1.165) is 16.3 Å². The van der Waals surface area contributed by atoms with Crippen LogP contribution in [0.4, 0.5) is 14.5 Å². The number of amides is 2. The molecule has 2 amide bonds. The van der Waals surface area contributed by atoms with Crippen LogP contribution in [0.5, 0.6) is 0 Å². The lowest BCUT2D eigenvalue weighted by atomic mass is 10.0. The molecule has 2 aromatic carbocycles. The Hall–Kier alpha value is -3.13. The van der Waals surface area contributed by atoms with Gasteiger partial charge in [-0.3, -0.25) is 9.59 Å². The van der Waals surface area contributed by atoms with E-state index in [1.807, 2.05) is 12.1 Å². The van der Waals surface area contributed by atoms with Crippen molar-refractivity contribution in [2.75, 3.05) is 11.4 Å². The number of rotatable bonds is 6. The minimum atomic E-state index is -1.27. The first-order chi connectivity index (χ1) is 14.3. The van der Waals surface area contributed by atoms with Crippen molar-refractivity contribution in [2.45, 2.75) is 24.8 Å². The highest BCUT2D eigenvalue weighted by atomic mass is 32.1. The van der Waals surface area contributed by atoms with Gasteiger partial charge in [-0.05, 0) is 42.3 Å². The number of thiazole rings is 1. The number of aromatic nitrogens is 1. The molecule has 1 unspecified atom stereocenters. The summed E-state index contributed by atoms with van der Waals surface area (Å²) in [6, 6.07) is 8.66. The molecule has 154 valence electrons. The summed E-state index contributed by atoms with van der Waals surface area (Å²) in [5.74, 6) is -2.73. The Labute approximate surface area is 176 Å². The fourth-order valence-corrected chi connectivity index (χ4v) is 4.53. The van der Waals surface area contributed by atoms with E-state index in [9.17, 15) is 18.4 Å². The number of anilines is 1. The first kappa shape index (κ1) is 20.2. The van der Waals surface area contributed by atoms with Crippen LogP contribution in [0.2, 0.25) is 0 Å². The highest BCUT2D eigenvalue weighted by Crippen LogP contribution is 2.53. The van der Waals surface area contributed by atoms with Gasteiger partial charge in [0, 0.05) is 31.1 Å². The molecule has 2 atom stereocenters. The highest BCUT2D eigenvalue weighted by molar-refractivity contribution is 7.16.